The van der Waals surface area contributed by atoms with E-state index in [0.717, 1.165) is 24.6 Å². The molecule has 2 aromatic rings. The summed E-state index contributed by atoms with van der Waals surface area (Å²) < 4.78 is 46.9. The summed E-state index contributed by atoms with van der Waals surface area (Å²) in [6.07, 6.45) is -3.73. The SMILES string of the molecule is CN(C)CCN(C)C(=O)NCC1CCC2C(O1)c1cc(C(F)(F)F)ccc1N[C@H]2c1ccccc1. The lowest BCUT2D eigenvalue weighted by atomic mass is 9.76. The quantitative estimate of drug-likeness (QED) is 0.604. The lowest BCUT2D eigenvalue weighted by molar-refractivity contribution is -0.138. The summed E-state index contributed by atoms with van der Waals surface area (Å²) in [4.78, 5) is 16.1. The number of rotatable bonds is 6. The number of amides is 2. The maximum Gasteiger partial charge on any atom is 0.416 e. The molecule has 0 saturated carbocycles. The highest BCUT2D eigenvalue weighted by molar-refractivity contribution is 5.73. The monoisotopic (exact) mass is 490 g/mol. The van der Waals surface area contributed by atoms with Crippen LogP contribution < -0.4 is 10.6 Å². The Labute approximate surface area is 204 Å². The Balaban J connectivity index is 1.53. The molecule has 190 valence electrons. The summed E-state index contributed by atoms with van der Waals surface area (Å²) in [6, 6.07) is 13.5. The number of carbonyl (C=O) groups is 1. The van der Waals surface area contributed by atoms with Crippen molar-refractivity contribution in [3.8, 4) is 0 Å². The summed E-state index contributed by atoms with van der Waals surface area (Å²) in [5.41, 5.74) is 1.57. The molecule has 3 unspecified atom stereocenters. The van der Waals surface area contributed by atoms with Gasteiger partial charge in [-0.05, 0) is 50.7 Å². The van der Waals surface area contributed by atoms with Gasteiger partial charge in [-0.1, -0.05) is 30.3 Å². The van der Waals surface area contributed by atoms with E-state index in [-0.39, 0.29) is 24.1 Å². The average Bonchev–Trinajstić information content (AvgIpc) is 2.84. The van der Waals surface area contributed by atoms with Crippen LogP contribution in [-0.2, 0) is 10.9 Å². The van der Waals surface area contributed by atoms with Gasteiger partial charge >= 0.3 is 12.2 Å². The number of benzene rings is 2. The predicted octanol–water partition coefficient (Wildman–Crippen LogP) is 4.91. The van der Waals surface area contributed by atoms with Gasteiger partial charge in [0.1, 0.15) is 0 Å². The molecule has 2 heterocycles. The van der Waals surface area contributed by atoms with E-state index < -0.39 is 17.8 Å². The van der Waals surface area contributed by atoms with Crippen molar-refractivity contribution in [3.63, 3.8) is 0 Å². The van der Waals surface area contributed by atoms with E-state index in [9.17, 15) is 18.0 Å². The smallest absolute Gasteiger partial charge is 0.378 e. The molecule has 2 aliphatic rings. The number of fused-ring (bicyclic) bond motifs is 3. The number of anilines is 1. The van der Waals surface area contributed by atoms with Crippen LogP contribution in [-0.4, -0.2) is 62.7 Å². The minimum absolute atomic E-state index is 0.0249. The molecule has 35 heavy (non-hydrogen) atoms. The van der Waals surface area contributed by atoms with Gasteiger partial charge in [0.25, 0.3) is 0 Å². The van der Waals surface area contributed by atoms with Crippen molar-refractivity contribution < 1.29 is 22.7 Å². The van der Waals surface area contributed by atoms with Gasteiger partial charge in [0.15, 0.2) is 0 Å². The third kappa shape index (κ3) is 5.90. The number of alkyl halides is 3. The Kier molecular flexibility index (Phi) is 7.56. The molecule has 2 aliphatic heterocycles. The van der Waals surface area contributed by atoms with Gasteiger partial charge < -0.3 is 25.2 Å². The molecule has 2 amide bonds. The lowest BCUT2D eigenvalue weighted by Gasteiger charge is -2.46. The summed E-state index contributed by atoms with van der Waals surface area (Å²) in [5.74, 6) is -0.0249. The van der Waals surface area contributed by atoms with Crippen LogP contribution in [0.5, 0.6) is 0 Å². The van der Waals surface area contributed by atoms with Crippen molar-refractivity contribution in [1.82, 2.24) is 15.1 Å². The summed E-state index contributed by atoms with van der Waals surface area (Å²) >= 11 is 0. The van der Waals surface area contributed by atoms with Crippen LogP contribution in [0.25, 0.3) is 0 Å². The van der Waals surface area contributed by atoms with Crippen LogP contribution in [0.1, 0.15) is 41.7 Å². The zero-order chi connectivity index (χ0) is 25.2. The van der Waals surface area contributed by atoms with E-state index in [1.807, 2.05) is 49.3 Å². The van der Waals surface area contributed by atoms with E-state index >= 15 is 0 Å². The van der Waals surface area contributed by atoms with Crippen molar-refractivity contribution in [2.45, 2.75) is 37.3 Å². The number of hydrogen-bond acceptors (Lipinski definition) is 4. The van der Waals surface area contributed by atoms with Crippen LogP contribution in [0, 0.1) is 5.92 Å². The number of carbonyl (C=O) groups excluding carboxylic acids is 1. The van der Waals surface area contributed by atoms with Crippen molar-refractivity contribution >= 4 is 11.7 Å². The largest absolute Gasteiger partial charge is 0.416 e. The molecule has 1 fully saturated rings. The topological polar surface area (TPSA) is 56.8 Å². The molecule has 0 bridgehead atoms. The van der Waals surface area contributed by atoms with Gasteiger partial charge in [-0.2, -0.15) is 13.2 Å². The number of likely N-dealkylation sites (N-methyl/N-ethyl adjacent to an activating group) is 2. The van der Waals surface area contributed by atoms with Crippen molar-refractivity contribution in [2.75, 3.05) is 46.1 Å². The number of urea groups is 1. The maximum absolute atomic E-state index is 13.5. The Morgan fingerprint density at radius 2 is 1.83 bits per heavy atom. The zero-order valence-electron chi connectivity index (χ0n) is 20.3. The molecule has 2 N–H and O–H groups in total. The van der Waals surface area contributed by atoms with Crippen LogP contribution >= 0.6 is 0 Å². The minimum atomic E-state index is -4.43. The Morgan fingerprint density at radius 1 is 1.09 bits per heavy atom. The second kappa shape index (κ2) is 10.5. The fourth-order valence-corrected chi connectivity index (χ4v) is 4.86. The lowest BCUT2D eigenvalue weighted by Crippen LogP contribution is -2.46. The second-order valence-corrected chi connectivity index (χ2v) is 9.66. The maximum atomic E-state index is 13.5. The second-order valence-electron chi connectivity index (χ2n) is 9.66. The van der Waals surface area contributed by atoms with Gasteiger partial charge in [-0.15, -0.1) is 0 Å². The highest BCUT2D eigenvalue weighted by Crippen LogP contribution is 2.51. The minimum Gasteiger partial charge on any atom is -0.378 e. The predicted molar refractivity (Wildman–Crippen MR) is 129 cm³/mol. The molecule has 0 spiro atoms. The number of hydrogen-bond donors (Lipinski definition) is 2. The molecular weight excluding hydrogens is 457 g/mol. The fraction of sp³-hybridized carbons (Fsp3) is 0.500. The van der Waals surface area contributed by atoms with Gasteiger partial charge in [-0.25, -0.2) is 4.79 Å². The first-order valence-electron chi connectivity index (χ1n) is 11.9. The van der Waals surface area contributed by atoms with E-state index in [1.165, 1.54) is 12.1 Å². The molecule has 0 radical (unpaired) electrons. The molecule has 6 nitrogen and oxygen atoms in total. The zero-order valence-corrected chi connectivity index (χ0v) is 20.3. The van der Waals surface area contributed by atoms with Crippen LogP contribution in [0.3, 0.4) is 0 Å². The summed E-state index contributed by atoms with van der Waals surface area (Å²) in [7, 11) is 5.63. The number of halogens is 3. The third-order valence-corrected chi connectivity index (χ3v) is 6.84. The molecule has 0 aromatic heterocycles. The van der Waals surface area contributed by atoms with Crippen LogP contribution in [0.4, 0.5) is 23.7 Å². The molecule has 2 aromatic carbocycles. The molecule has 4 atom stereocenters. The highest BCUT2D eigenvalue weighted by atomic mass is 19.4. The van der Waals surface area contributed by atoms with Gasteiger partial charge in [0, 0.05) is 43.9 Å². The molecule has 0 aliphatic carbocycles. The van der Waals surface area contributed by atoms with Gasteiger partial charge in [-0.3, -0.25) is 0 Å². The first kappa shape index (κ1) is 25.3. The molecule has 9 heteroatoms. The summed E-state index contributed by atoms with van der Waals surface area (Å²) in [5, 5.41) is 6.39. The average molecular weight is 491 g/mol. The summed E-state index contributed by atoms with van der Waals surface area (Å²) in [6.45, 7) is 1.65. The molecule has 4 rings (SSSR count). The van der Waals surface area contributed by atoms with Crippen molar-refractivity contribution in [2.24, 2.45) is 5.92 Å². The van der Waals surface area contributed by atoms with E-state index in [4.69, 9.17) is 4.74 Å². The molecular formula is C26H33F3N4O2. The van der Waals surface area contributed by atoms with E-state index in [1.54, 1.807) is 11.9 Å². The first-order valence-corrected chi connectivity index (χ1v) is 11.9. The fourth-order valence-electron chi connectivity index (χ4n) is 4.86. The standard InChI is InChI=1S/C26H33F3N4O2/c1-32(2)13-14-33(3)25(34)30-16-19-10-11-20-23(17-7-5-4-6-8-17)31-22-12-9-18(26(27,28)29)15-21(22)24(20)35-19/h4-9,12,15,19-20,23-24,31H,10-11,13-14,16H2,1-3H3,(H,30,34)/t19?,20?,23-,24?/m0/s1. The van der Waals surface area contributed by atoms with Gasteiger partial charge in [0.05, 0.1) is 23.8 Å². The number of ether oxygens (including phenoxy) is 1. The Morgan fingerprint density at radius 3 is 2.51 bits per heavy atom. The van der Waals surface area contributed by atoms with E-state index in [2.05, 4.69) is 10.6 Å². The number of nitrogens with zero attached hydrogens (tertiary/aromatic N) is 2. The Bertz CT molecular complexity index is 1020. The van der Waals surface area contributed by atoms with Gasteiger partial charge in [0.2, 0.25) is 0 Å². The van der Waals surface area contributed by atoms with E-state index in [0.29, 0.717) is 30.8 Å². The third-order valence-electron chi connectivity index (χ3n) is 6.84. The Hall–Kier alpha value is -2.78. The first-order chi connectivity index (χ1) is 16.6. The highest BCUT2D eigenvalue weighted by Gasteiger charge is 2.43. The van der Waals surface area contributed by atoms with Crippen molar-refractivity contribution in [3.05, 3.63) is 65.2 Å². The van der Waals surface area contributed by atoms with Crippen molar-refractivity contribution in [1.29, 1.82) is 0 Å². The molecule has 1 saturated heterocycles. The van der Waals surface area contributed by atoms with Crippen LogP contribution in [0.2, 0.25) is 0 Å². The normalized spacial score (nSPS) is 23.7. The number of nitrogens with one attached hydrogen (secondary N) is 2. The van der Waals surface area contributed by atoms with Crippen LogP contribution in [0.15, 0.2) is 48.5 Å².